The molecule has 1 fully saturated rings. The summed E-state index contributed by atoms with van der Waals surface area (Å²) < 4.78 is 5.13. The van der Waals surface area contributed by atoms with Gasteiger partial charge in [0.2, 0.25) is 0 Å². The number of anilines is 1. The molecule has 10 heteroatoms. The second-order valence-electron chi connectivity index (χ2n) is 11.2. The molecule has 44 heavy (non-hydrogen) atoms. The van der Waals surface area contributed by atoms with Gasteiger partial charge in [0, 0.05) is 41.3 Å². The lowest BCUT2D eigenvalue weighted by atomic mass is 10.0. The number of imidazole rings is 1. The van der Waals surface area contributed by atoms with E-state index in [-0.39, 0.29) is 17.4 Å². The highest BCUT2D eigenvalue weighted by Gasteiger charge is 2.63. The molecule has 1 aliphatic carbocycles. The average Bonchev–Trinajstić information content (AvgIpc) is 3.40. The third kappa shape index (κ3) is 4.70. The van der Waals surface area contributed by atoms with Gasteiger partial charge >= 0.3 is 0 Å². The summed E-state index contributed by atoms with van der Waals surface area (Å²) in [5.41, 5.74) is 4.94. The van der Waals surface area contributed by atoms with Crippen LogP contribution >= 0.6 is 0 Å². The Bertz CT molecular complexity index is 2060. The van der Waals surface area contributed by atoms with Crippen LogP contribution in [0, 0.1) is 20.8 Å². The van der Waals surface area contributed by atoms with Gasteiger partial charge in [0.05, 0.1) is 29.6 Å². The van der Waals surface area contributed by atoms with Gasteiger partial charge in [-0.15, -0.1) is 5.10 Å². The number of aryl methyl sites for hydroxylation is 3. The summed E-state index contributed by atoms with van der Waals surface area (Å²) in [6.45, 7) is 5.79. The molecule has 3 heterocycles. The van der Waals surface area contributed by atoms with Crippen molar-refractivity contribution in [2.24, 2.45) is 0 Å². The summed E-state index contributed by atoms with van der Waals surface area (Å²) in [5.74, 6) is 0.424. The van der Waals surface area contributed by atoms with Gasteiger partial charge in [0.1, 0.15) is 11.4 Å². The molecule has 0 radical (unpaired) electrons. The highest BCUT2D eigenvalue weighted by Crippen LogP contribution is 2.57. The normalized spacial score (nSPS) is 17.4. The highest BCUT2D eigenvalue weighted by molar-refractivity contribution is 6.00. The Labute approximate surface area is 253 Å². The summed E-state index contributed by atoms with van der Waals surface area (Å²) in [6, 6.07) is 24.8. The number of hydrogen-bond acceptors (Lipinski definition) is 6. The number of rotatable bonds is 7. The molecule has 0 bridgehead atoms. The molecular weight excluding hydrogens is 552 g/mol. The van der Waals surface area contributed by atoms with E-state index in [0.29, 0.717) is 17.8 Å². The molecule has 10 nitrogen and oxygen atoms in total. The van der Waals surface area contributed by atoms with Crippen LogP contribution in [-0.4, -0.2) is 40.0 Å². The maximum atomic E-state index is 14.1. The van der Waals surface area contributed by atoms with E-state index in [2.05, 4.69) is 20.6 Å². The maximum Gasteiger partial charge on any atom is 0.254 e. The van der Waals surface area contributed by atoms with Crippen LogP contribution in [0.25, 0.3) is 22.6 Å². The van der Waals surface area contributed by atoms with E-state index < -0.39 is 5.54 Å². The number of aromatic nitrogens is 7. The third-order valence-electron chi connectivity index (χ3n) is 8.28. The largest absolute Gasteiger partial charge is 0.324 e. The number of nitrogens with one attached hydrogen (secondary N) is 1. The SMILES string of the molecule is Cc1ccc(-n2cc(C)nn2)c(-c2cc(=O)n(C3(C(=O)Nc4ccc(-n5ccnc5C)cc4)CC3c3ccccc3)cn2)c1. The molecule has 2 atom stereocenters. The van der Waals surface area contributed by atoms with Crippen molar-refractivity contribution in [3.05, 3.63) is 137 Å². The lowest BCUT2D eigenvalue weighted by Crippen LogP contribution is -2.41. The van der Waals surface area contributed by atoms with Crippen LogP contribution in [-0.2, 0) is 10.3 Å². The molecule has 3 aromatic carbocycles. The van der Waals surface area contributed by atoms with Crippen molar-refractivity contribution in [2.75, 3.05) is 5.32 Å². The quantitative estimate of drug-likeness (QED) is 0.280. The molecule has 1 amide bonds. The summed E-state index contributed by atoms with van der Waals surface area (Å²) in [4.78, 5) is 37.0. The van der Waals surface area contributed by atoms with Gasteiger partial charge in [0.25, 0.3) is 11.5 Å². The molecule has 1 aliphatic rings. The van der Waals surface area contributed by atoms with Crippen molar-refractivity contribution >= 4 is 11.6 Å². The van der Waals surface area contributed by atoms with Crippen LogP contribution in [0.15, 0.2) is 109 Å². The van der Waals surface area contributed by atoms with Gasteiger partial charge in [-0.1, -0.05) is 47.2 Å². The predicted octanol–water partition coefficient (Wildman–Crippen LogP) is 5.12. The first-order valence-corrected chi connectivity index (χ1v) is 14.4. The Morgan fingerprint density at radius 2 is 1.75 bits per heavy atom. The molecule has 7 rings (SSSR count). The first-order chi connectivity index (χ1) is 21.3. The Kier molecular flexibility index (Phi) is 6.54. The van der Waals surface area contributed by atoms with E-state index in [1.54, 1.807) is 10.9 Å². The fourth-order valence-electron chi connectivity index (χ4n) is 5.92. The Balaban J connectivity index is 1.25. The fourth-order valence-corrected chi connectivity index (χ4v) is 5.92. The topological polar surface area (TPSA) is 113 Å². The summed E-state index contributed by atoms with van der Waals surface area (Å²) in [5, 5.41) is 11.4. The first kappa shape index (κ1) is 27.2. The number of amides is 1. The van der Waals surface area contributed by atoms with Gasteiger partial charge in [-0.2, -0.15) is 0 Å². The second-order valence-corrected chi connectivity index (χ2v) is 11.2. The minimum atomic E-state index is -1.12. The van der Waals surface area contributed by atoms with E-state index in [9.17, 15) is 9.59 Å². The van der Waals surface area contributed by atoms with Crippen LogP contribution in [0.4, 0.5) is 5.69 Å². The van der Waals surface area contributed by atoms with E-state index in [0.717, 1.165) is 39.6 Å². The fraction of sp³-hybridized carbons (Fsp3) is 0.176. The molecule has 218 valence electrons. The predicted molar refractivity (Wildman–Crippen MR) is 167 cm³/mol. The van der Waals surface area contributed by atoms with E-state index in [1.807, 2.05) is 111 Å². The molecule has 0 spiro atoms. The smallest absolute Gasteiger partial charge is 0.254 e. The standard InChI is InChI=1S/C34H30N8O2/c1-22-9-14-31(42-20-23(2)38-39-42)28(17-22)30-18-32(43)41(21-36-30)34(19-29(34)25-7-5-4-6-8-25)33(44)37-26-10-12-27(13-11-26)40-16-15-35-24(40)3/h4-18,20-21,29H,19H2,1-3H3,(H,37,44). The zero-order valence-corrected chi connectivity index (χ0v) is 24.5. The van der Waals surface area contributed by atoms with Crippen molar-refractivity contribution in [2.45, 2.75) is 38.6 Å². The molecule has 0 aliphatic heterocycles. The minimum Gasteiger partial charge on any atom is -0.324 e. The highest BCUT2D eigenvalue weighted by atomic mass is 16.2. The van der Waals surface area contributed by atoms with Gasteiger partial charge in [-0.25, -0.2) is 14.6 Å². The summed E-state index contributed by atoms with van der Waals surface area (Å²) in [7, 11) is 0. The molecule has 1 N–H and O–H groups in total. The Morgan fingerprint density at radius 3 is 2.43 bits per heavy atom. The minimum absolute atomic E-state index is 0.186. The van der Waals surface area contributed by atoms with Crippen molar-refractivity contribution in [3.8, 4) is 22.6 Å². The third-order valence-corrected chi connectivity index (χ3v) is 8.28. The Morgan fingerprint density at radius 1 is 0.955 bits per heavy atom. The number of carbonyl (C=O) groups is 1. The monoisotopic (exact) mass is 582 g/mol. The second kappa shape index (κ2) is 10.6. The number of hydrogen-bond donors (Lipinski definition) is 1. The summed E-state index contributed by atoms with van der Waals surface area (Å²) in [6.07, 6.45) is 7.45. The zero-order chi connectivity index (χ0) is 30.4. The van der Waals surface area contributed by atoms with Crippen molar-refractivity contribution in [1.82, 2.24) is 34.1 Å². The van der Waals surface area contributed by atoms with Gasteiger partial charge in [-0.05, 0) is 69.2 Å². The maximum absolute atomic E-state index is 14.1. The van der Waals surface area contributed by atoms with Crippen LogP contribution < -0.4 is 10.9 Å². The first-order valence-electron chi connectivity index (χ1n) is 14.4. The van der Waals surface area contributed by atoms with Crippen LogP contribution in [0.3, 0.4) is 0 Å². The van der Waals surface area contributed by atoms with Crippen LogP contribution in [0.5, 0.6) is 0 Å². The molecule has 1 saturated carbocycles. The summed E-state index contributed by atoms with van der Waals surface area (Å²) >= 11 is 0. The lowest BCUT2D eigenvalue weighted by Gasteiger charge is -2.21. The number of carbonyl (C=O) groups excluding carboxylic acids is 1. The van der Waals surface area contributed by atoms with E-state index in [1.165, 1.54) is 17.0 Å². The molecule has 2 unspecified atom stereocenters. The number of benzene rings is 3. The average molecular weight is 583 g/mol. The van der Waals surface area contributed by atoms with Crippen LogP contribution in [0.2, 0.25) is 0 Å². The van der Waals surface area contributed by atoms with E-state index >= 15 is 0 Å². The Hall–Kier alpha value is -5.64. The molecule has 3 aromatic heterocycles. The van der Waals surface area contributed by atoms with Gasteiger partial charge in [-0.3, -0.25) is 14.2 Å². The lowest BCUT2D eigenvalue weighted by molar-refractivity contribution is -0.120. The van der Waals surface area contributed by atoms with Crippen LogP contribution in [0.1, 0.15) is 35.0 Å². The van der Waals surface area contributed by atoms with Crippen molar-refractivity contribution < 1.29 is 4.79 Å². The van der Waals surface area contributed by atoms with Crippen molar-refractivity contribution in [3.63, 3.8) is 0 Å². The van der Waals surface area contributed by atoms with Gasteiger partial charge < -0.3 is 9.88 Å². The zero-order valence-electron chi connectivity index (χ0n) is 24.5. The number of nitrogens with zero attached hydrogens (tertiary/aromatic N) is 7. The van der Waals surface area contributed by atoms with E-state index in [4.69, 9.17) is 4.98 Å². The molecular formula is C34H30N8O2. The molecule has 6 aromatic rings. The van der Waals surface area contributed by atoms with Gasteiger partial charge in [0.15, 0.2) is 0 Å². The van der Waals surface area contributed by atoms with Crippen molar-refractivity contribution in [1.29, 1.82) is 0 Å². The molecule has 0 saturated heterocycles.